The van der Waals surface area contributed by atoms with Crippen LogP contribution in [0.1, 0.15) is 25.7 Å². The van der Waals surface area contributed by atoms with E-state index >= 15 is 0 Å². The van der Waals surface area contributed by atoms with Crippen LogP contribution in [0.4, 0.5) is 0 Å². The first-order valence-corrected chi connectivity index (χ1v) is 8.01. The number of hydrogen-bond donors (Lipinski definition) is 1. The lowest BCUT2D eigenvalue weighted by Gasteiger charge is -2.38. The van der Waals surface area contributed by atoms with Crippen molar-refractivity contribution in [2.24, 2.45) is 0 Å². The van der Waals surface area contributed by atoms with E-state index in [1.54, 1.807) is 4.31 Å². The molecule has 7 heteroatoms. The number of hydrogen-bond acceptors (Lipinski definition) is 4. The predicted molar refractivity (Wildman–Crippen MR) is 67.4 cm³/mol. The first-order chi connectivity index (χ1) is 8.66. The van der Waals surface area contributed by atoms with E-state index in [9.17, 15) is 8.42 Å². The van der Waals surface area contributed by atoms with Gasteiger partial charge in [0, 0.05) is 32.3 Å². The molecular weight excluding hydrogens is 256 g/mol. The minimum absolute atomic E-state index is 0.0415. The molecule has 0 aromatic rings. The van der Waals surface area contributed by atoms with Gasteiger partial charge in [-0.1, -0.05) is 6.42 Å². The van der Waals surface area contributed by atoms with E-state index in [1.165, 1.54) is 4.31 Å². The molecule has 2 aliphatic heterocycles. The Bertz CT molecular complexity index is 352. The van der Waals surface area contributed by atoms with E-state index in [-0.39, 0.29) is 12.6 Å². The SMILES string of the molecule is O=S(=O)(N1CCOCC1)N1CCCCC1CCO. The van der Waals surface area contributed by atoms with E-state index in [0.717, 1.165) is 19.3 Å². The summed E-state index contributed by atoms with van der Waals surface area (Å²) >= 11 is 0. The molecule has 1 N–H and O–H groups in total. The van der Waals surface area contributed by atoms with Crippen molar-refractivity contribution in [1.29, 1.82) is 0 Å². The Morgan fingerprint density at radius 3 is 2.56 bits per heavy atom. The summed E-state index contributed by atoms with van der Waals surface area (Å²) in [6, 6.07) is -0.0448. The molecular formula is C11H22N2O4S. The molecule has 0 aliphatic carbocycles. The molecule has 2 rings (SSSR count). The van der Waals surface area contributed by atoms with Crippen LogP contribution in [0.5, 0.6) is 0 Å². The molecule has 0 aromatic carbocycles. The summed E-state index contributed by atoms with van der Waals surface area (Å²) in [5.74, 6) is 0. The molecule has 18 heavy (non-hydrogen) atoms. The van der Waals surface area contributed by atoms with Gasteiger partial charge in [-0.15, -0.1) is 0 Å². The van der Waals surface area contributed by atoms with Gasteiger partial charge < -0.3 is 9.84 Å². The molecule has 106 valence electrons. The predicted octanol–water partition coefficient (Wildman–Crippen LogP) is -0.200. The van der Waals surface area contributed by atoms with Gasteiger partial charge in [-0.25, -0.2) is 0 Å². The van der Waals surface area contributed by atoms with Crippen LogP contribution < -0.4 is 0 Å². The second-order valence-corrected chi connectivity index (χ2v) is 6.67. The van der Waals surface area contributed by atoms with Gasteiger partial charge >= 0.3 is 0 Å². The molecule has 1 unspecified atom stereocenters. The van der Waals surface area contributed by atoms with Crippen LogP contribution in [0, 0.1) is 0 Å². The Kier molecular flexibility index (Phi) is 4.97. The van der Waals surface area contributed by atoms with Crippen LogP contribution >= 0.6 is 0 Å². The van der Waals surface area contributed by atoms with Gasteiger partial charge in [-0.3, -0.25) is 0 Å². The number of ether oxygens (including phenoxy) is 1. The summed E-state index contributed by atoms with van der Waals surface area (Å²) in [7, 11) is -3.38. The zero-order chi connectivity index (χ0) is 13.0. The maximum atomic E-state index is 12.5. The first kappa shape index (κ1) is 14.2. The molecule has 6 nitrogen and oxygen atoms in total. The fourth-order valence-electron chi connectivity index (χ4n) is 2.64. The van der Waals surface area contributed by atoms with E-state index in [2.05, 4.69) is 0 Å². The Morgan fingerprint density at radius 2 is 1.89 bits per heavy atom. The molecule has 2 saturated heterocycles. The fraction of sp³-hybridized carbons (Fsp3) is 1.00. The van der Waals surface area contributed by atoms with Crippen LogP contribution in [-0.4, -0.2) is 67.6 Å². The fourth-order valence-corrected chi connectivity index (χ4v) is 4.50. The van der Waals surface area contributed by atoms with Crippen LogP contribution in [0.15, 0.2) is 0 Å². The van der Waals surface area contributed by atoms with Crippen LogP contribution in [-0.2, 0) is 14.9 Å². The standard InChI is InChI=1S/C11H22N2O4S/c14-8-4-11-3-1-2-5-13(11)18(15,16)12-6-9-17-10-7-12/h11,14H,1-10H2. The number of morpholine rings is 1. The highest BCUT2D eigenvalue weighted by atomic mass is 32.2. The molecule has 0 amide bonds. The zero-order valence-electron chi connectivity index (χ0n) is 10.6. The maximum absolute atomic E-state index is 12.5. The summed E-state index contributed by atoms with van der Waals surface area (Å²) < 4.78 is 33.4. The molecule has 1 atom stereocenters. The number of rotatable bonds is 4. The molecule has 2 aliphatic rings. The second kappa shape index (κ2) is 6.29. The highest BCUT2D eigenvalue weighted by Crippen LogP contribution is 2.24. The van der Waals surface area contributed by atoms with Gasteiger partial charge in [-0.2, -0.15) is 17.0 Å². The van der Waals surface area contributed by atoms with E-state index in [0.29, 0.717) is 39.3 Å². The Morgan fingerprint density at radius 1 is 1.17 bits per heavy atom. The van der Waals surface area contributed by atoms with Crippen molar-refractivity contribution < 1.29 is 18.3 Å². The lowest BCUT2D eigenvalue weighted by molar-refractivity contribution is 0.0675. The molecule has 0 bridgehead atoms. The van der Waals surface area contributed by atoms with Gasteiger partial charge in [-0.05, 0) is 19.3 Å². The Balaban J connectivity index is 2.10. The maximum Gasteiger partial charge on any atom is 0.282 e. The largest absolute Gasteiger partial charge is 0.396 e. The van der Waals surface area contributed by atoms with Gasteiger partial charge in [0.1, 0.15) is 0 Å². The van der Waals surface area contributed by atoms with Crippen LogP contribution in [0.2, 0.25) is 0 Å². The first-order valence-electron chi connectivity index (χ1n) is 6.62. The van der Waals surface area contributed by atoms with Crippen molar-refractivity contribution in [3.05, 3.63) is 0 Å². The third kappa shape index (κ3) is 3.03. The average Bonchev–Trinajstić information content (AvgIpc) is 2.41. The summed E-state index contributed by atoms with van der Waals surface area (Å²) in [5.41, 5.74) is 0. The third-order valence-corrected chi connectivity index (χ3v) is 5.72. The number of aliphatic hydroxyl groups excluding tert-OH is 1. The van der Waals surface area contributed by atoms with Crippen molar-refractivity contribution in [2.45, 2.75) is 31.7 Å². The topological polar surface area (TPSA) is 70.1 Å². The monoisotopic (exact) mass is 278 g/mol. The number of piperidine rings is 1. The van der Waals surface area contributed by atoms with Gasteiger partial charge in [0.25, 0.3) is 10.2 Å². The summed E-state index contributed by atoms with van der Waals surface area (Å²) in [6.45, 7) is 2.43. The van der Waals surface area contributed by atoms with Crippen molar-refractivity contribution in [1.82, 2.24) is 8.61 Å². The quantitative estimate of drug-likeness (QED) is 0.773. The Hall–Kier alpha value is -0.210. The molecule has 2 fully saturated rings. The molecule has 0 saturated carbocycles. The highest BCUT2D eigenvalue weighted by molar-refractivity contribution is 7.86. The molecule has 0 radical (unpaired) electrons. The van der Waals surface area contributed by atoms with Gasteiger partial charge in [0.2, 0.25) is 0 Å². The summed E-state index contributed by atoms with van der Waals surface area (Å²) in [6.07, 6.45) is 3.33. The third-order valence-electron chi connectivity index (χ3n) is 3.63. The van der Waals surface area contributed by atoms with Crippen molar-refractivity contribution in [2.75, 3.05) is 39.5 Å². The van der Waals surface area contributed by atoms with Crippen LogP contribution in [0.25, 0.3) is 0 Å². The summed E-state index contributed by atoms with van der Waals surface area (Å²) in [4.78, 5) is 0. The second-order valence-electron chi connectivity index (χ2n) is 4.79. The minimum atomic E-state index is -3.38. The zero-order valence-corrected chi connectivity index (χ0v) is 11.4. The lowest BCUT2D eigenvalue weighted by atomic mass is 10.0. The normalized spacial score (nSPS) is 28.4. The molecule has 2 heterocycles. The van der Waals surface area contributed by atoms with E-state index in [1.807, 2.05) is 0 Å². The molecule has 0 spiro atoms. The average molecular weight is 278 g/mol. The van der Waals surface area contributed by atoms with E-state index < -0.39 is 10.2 Å². The van der Waals surface area contributed by atoms with Gasteiger partial charge in [0.15, 0.2) is 0 Å². The smallest absolute Gasteiger partial charge is 0.282 e. The summed E-state index contributed by atoms with van der Waals surface area (Å²) in [5, 5.41) is 9.06. The van der Waals surface area contributed by atoms with Crippen molar-refractivity contribution >= 4 is 10.2 Å². The minimum Gasteiger partial charge on any atom is -0.396 e. The van der Waals surface area contributed by atoms with Crippen molar-refractivity contribution in [3.63, 3.8) is 0 Å². The van der Waals surface area contributed by atoms with Crippen LogP contribution in [0.3, 0.4) is 0 Å². The highest BCUT2D eigenvalue weighted by Gasteiger charge is 2.36. The van der Waals surface area contributed by atoms with Crippen molar-refractivity contribution in [3.8, 4) is 0 Å². The van der Waals surface area contributed by atoms with Gasteiger partial charge in [0.05, 0.1) is 13.2 Å². The molecule has 0 aromatic heterocycles. The number of aliphatic hydroxyl groups is 1. The Labute approximate surface area is 109 Å². The lowest BCUT2D eigenvalue weighted by Crippen LogP contribution is -2.53. The van der Waals surface area contributed by atoms with E-state index in [4.69, 9.17) is 9.84 Å². The number of nitrogens with zero attached hydrogens (tertiary/aromatic N) is 2.